The van der Waals surface area contributed by atoms with E-state index in [9.17, 15) is 0 Å². The molecule has 278 valence electrons. The van der Waals surface area contributed by atoms with Crippen molar-refractivity contribution in [2.24, 2.45) is 0 Å². The summed E-state index contributed by atoms with van der Waals surface area (Å²) in [6.45, 7) is 0. The first-order chi connectivity index (χ1) is 27.5. The molecule has 0 saturated heterocycles. The van der Waals surface area contributed by atoms with E-state index in [-0.39, 0.29) is 0 Å². The summed E-state index contributed by atoms with van der Waals surface area (Å²) in [5.74, 6) is 0. The van der Waals surface area contributed by atoms with Gasteiger partial charge in [-0.25, -0.2) is 0 Å². The summed E-state index contributed by atoms with van der Waals surface area (Å²) in [7, 11) is 0. The summed E-state index contributed by atoms with van der Waals surface area (Å²) >= 11 is 12.8. The first-order valence-corrected chi connectivity index (χ1v) is 23.3. The van der Waals surface area contributed by atoms with Crippen LogP contribution >= 0.6 is 60.1 Å². The molecule has 0 bridgehead atoms. The van der Waals surface area contributed by atoms with Crippen molar-refractivity contribution >= 4 is 71.5 Å². The molecule has 0 aliphatic heterocycles. The summed E-state index contributed by atoms with van der Waals surface area (Å²) in [6, 6.07) is 76.4. The van der Waals surface area contributed by atoms with Crippen LogP contribution in [0.25, 0.3) is 0 Å². The zero-order valence-electron chi connectivity index (χ0n) is 30.5. The highest BCUT2D eigenvalue weighted by Gasteiger charge is 2.39. The third kappa shape index (κ3) is 8.35. The average molecular weight is 988 g/mol. The molecular weight excluding hydrogens is 948 g/mol. The minimum absolute atomic E-state index is 0.391. The van der Waals surface area contributed by atoms with E-state index < -0.39 is 10.8 Å². The minimum Gasteiger partial charge on any atom is -0.399 e. The molecule has 0 atom stereocenters. The van der Waals surface area contributed by atoms with E-state index in [4.69, 9.17) is 11.5 Å². The Balaban J connectivity index is 0.000000182. The van der Waals surface area contributed by atoms with Crippen molar-refractivity contribution in [3.63, 3.8) is 0 Å². The first-order valence-electron chi connectivity index (χ1n) is 18.0. The third-order valence-corrected chi connectivity index (χ3v) is 11.4. The second-order valence-corrected chi connectivity index (χ2v) is 14.9. The quantitative estimate of drug-likeness (QED) is 0.118. The summed E-state index contributed by atoms with van der Waals surface area (Å²) in [6.07, 6.45) is 0. The molecular formula is C50H40Br4N2. The predicted molar refractivity (Wildman–Crippen MR) is 252 cm³/mol. The first kappa shape index (κ1) is 40.9. The summed E-state index contributed by atoms with van der Waals surface area (Å²) in [5.41, 5.74) is 22.5. The van der Waals surface area contributed by atoms with Crippen LogP contribution in [0.3, 0.4) is 0 Å². The van der Waals surface area contributed by atoms with Crippen LogP contribution in [0.2, 0.25) is 0 Å². The van der Waals surface area contributed by atoms with Crippen LogP contribution in [0, 0.1) is 0 Å². The Morgan fingerprint density at radius 1 is 0.286 bits per heavy atom. The summed E-state index contributed by atoms with van der Waals surface area (Å²) in [5, 5.41) is 0. The Bertz CT molecular complexity index is 2180. The van der Waals surface area contributed by atoms with Crippen molar-refractivity contribution in [2.75, 3.05) is 11.5 Å². The van der Waals surface area contributed by atoms with Gasteiger partial charge in [-0.3, -0.25) is 0 Å². The van der Waals surface area contributed by atoms with Gasteiger partial charge in [0.05, 0.1) is 16.5 Å². The number of hydrogen-bond donors (Lipinski definition) is 2. The van der Waals surface area contributed by atoms with Crippen molar-refractivity contribution in [3.8, 4) is 0 Å². The van der Waals surface area contributed by atoms with Crippen LogP contribution in [0.15, 0.2) is 227 Å². The second-order valence-electron chi connectivity index (χ2n) is 13.2. The van der Waals surface area contributed by atoms with Crippen molar-refractivity contribution in [1.82, 2.24) is 0 Å². The monoisotopic (exact) mass is 984 g/mol. The number of hydrogen-bond acceptors (Lipinski definition) is 2. The molecule has 0 aliphatic carbocycles. The number of halogens is 4. The Kier molecular flexibility index (Phi) is 14.2. The lowest BCUT2D eigenvalue weighted by Gasteiger charge is -2.37. The fourth-order valence-corrected chi connectivity index (χ4v) is 8.85. The van der Waals surface area contributed by atoms with Gasteiger partial charge >= 0.3 is 0 Å². The molecule has 6 heteroatoms. The van der Waals surface area contributed by atoms with Gasteiger partial charge in [0.25, 0.3) is 0 Å². The summed E-state index contributed by atoms with van der Waals surface area (Å²) in [4.78, 5) is 0. The molecule has 2 nitrogen and oxygen atoms in total. The van der Waals surface area contributed by atoms with Crippen molar-refractivity contribution in [3.05, 3.63) is 272 Å². The molecule has 8 aromatic carbocycles. The van der Waals surface area contributed by atoms with E-state index in [2.05, 4.69) is 266 Å². The van der Waals surface area contributed by atoms with E-state index in [1.54, 1.807) is 0 Å². The van der Waals surface area contributed by atoms with Gasteiger partial charge in [-0.1, -0.05) is 194 Å². The van der Waals surface area contributed by atoms with E-state index in [1.165, 1.54) is 38.9 Å². The molecule has 0 aromatic heterocycles. The van der Waals surface area contributed by atoms with Crippen LogP contribution in [-0.4, -0.2) is 0 Å². The van der Waals surface area contributed by atoms with E-state index in [0.29, 0.717) is 5.69 Å². The normalized spacial score (nSPS) is 11.0. The van der Waals surface area contributed by atoms with Crippen LogP contribution in [0.1, 0.15) is 44.5 Å². The summed E-state index contributed by atoms with van der Waals surface area (Å²) < 4.78 is 1.76. The number of anilines is 2. The molecule has 8 rings (SSSR count). The van der Waals surface area contributed by atoms with Crippen LogP contribution < -0.4 is 11.5 Å². The lowest BCUT2D eigenvalue weighted by atomic mass is 9.65. The lowest BCUT2D eigenvalue weighted by Crippen LogP contribution is -2.31. The molecule has 8 aromatic rings. The molecule has 0 spiro atoms. The Morgan fingerprint density at radius 2 is 0.500 bits per heavy atom. The van der Waals surface area contributed by atoms with Crippen molar-refractivity contribution in [2.45, 2.75) is 10.8 Å². The Labute approximate surface area is 362 Å². The number of benzene rings is 8. The Morgan fingerprint density at radius 3 is 0.750 bits per heavy atom. The van der Waals surface area contributed by atoms with Gasteiger partial charge in [0.2, 0.25) is 0 Å². The topological polar surface area (TPSA) is 52.0 Å². The highest BCUT2D eigenvalue weighted by atomic mass is 80.9. The van der Waals surface area contributed by atoms with Gasteiger partial charge in [0, 0.05) is 42.9 Å². The van der Waals surface area contributed by atoms with Crippen molar-refractivity contribution in [1.29, 1.82) is 0 Å². The zero-order chi connectivity index (χ0) is 39.4. The molecule has 0 saturated carbocycles. The van der Waals surface area contributed by atoms with Crippen LogP contribution in [0.5, 0.6) is 0 Å². The molecule has 0 unspecified atom stereocenters. The SMILES string of the molecule is BrBr.Nc1c(Br)cc(C(c2ccccc2)(c2ccccc2)c2ccccc2)cc1Br.Nc1ccc(C(c2ccccc2)(c2ccccc2)c2ccccc2)cc1. The maximum Gasteiger partial charge on any atom is 0.0702 e. The average Bonchev–Trinajstić information content (AvgIpc) is 3.27. The van der Waals surface area contributed by atoms with E-state index in [0.717, 1.165) is 20.2 Å². The zero-order valence-corrected chi connectivity index (χ0v) is 36.8. The fourth-order valence-electron chi connectivity index (χ4n) is 7.66. The second kappa shape index (κ2) is 19.4. The standard InChI is InChI=1S/C25H19Br2N.C25H21N.Br2/c26-22-16-21(17-23(27)24(22)28)25(18-10-4-1-5-11-18,19-12-6-2-7-13-19)20-14-8-3-9-15-20;26-24-18-16-23(17-19-24)25(20-10-4-1-5-11-20,21-12-6-2-7-13-21)22-14-8-3-9-15-22;1-2/h1-17H,28H2;1-19H,26H2;. The van der Waals surface area contributed by atoms with Crippen LogP contribution in [0.4, 0.5) is 11.4 Å². The number of rotatable bonds is 8. The van der Waals surface area contributed by atoms with E-state index >= 15 is 0 Å². The fraction of sp³-hybridized carbons (Fsp3) is 0.0400. The maximum atomic E-state index is 6.22. The number of nitrogen functional groups attached to an aromatic ring is 2. The Hall–Kier alpha value is -4.72. The smallest absolute Gasteiger partial charge is 0.0702 e. The van der Waals surface area contributed by atoms with Gasteiger partial charge in [0.15, 0.2) is 0 Å². The molecule has 4 N–H and O–H groups in total. The van der Waals surface area contributed by atoms with Gasteiger partial charge in [0.1, 0.15) is 0 Å². The molecule has 0 heterocycles. The molecule has 56 heavy (non-hydrogen) atoms. The van der Waals surface area contributed by atoms with Gasteiger partial charge in [-0.2, -0.15) is 0 Å². The minimum atomic E-state index is -0.470. The third-order valence-electron chi connectivity index (χ3n) is 10.1. The predicted octanol–water partition coefficient (Wildman–Crippen LogP) is 14.5. The molecule has 0 aliphatic rings. The highest BCUT2D eigenvalue weighted by Crippen LogP contribution is 2.48. The molecule has 0 amide bonds. The number of nitrogens with two attached hydrogens (primary N) is 2. The lowest BCUT2D eigenvalue weighted by molar-refractivity contribution is 0.744. The molecule has 0 fully saturated rings. The van der Waals surface area contributed by atoms with E-state index in [1.807, 2.05) is 12.1 Å². The van der Waals surface area contributed by atoms with Crippen LogP contribution in [-0.2, 0) is 10.8 Å². The largest absolute Gasteiger partial charge is 0.399 e. The van der Waals surface area contributed by atoms with Gasteiger partial charge in [-0.15, -0.1) is 0 Å². The maximum absolute atomic E-state index is 6.22. The molecule has 0 radical (unpaired) electrons. The highest BCUT2D eigenvalue weighted by molar-refractivity contribution is 9.93. The van der Waals surface area contributed by atoms with Crippen molar-refractivity contribution < 1.29 is 0 Å². The van der Waals surface area contributed by atoms with Gasteiger partial charge in [-0.05, 0) is 101 Å². The van der Waals surface area contributed by atoms with Gasteiger partial charge < -0.3 is 11.5 Å².